The Morgan fingerprint density at radius 3 is 2.62 bits per heavy atom. The van der Waals surface area contributed by atoms with Gasteiger partial charge in [0.15, 0.2) is 9.84 Å². The molecule has 0 aliphatic carbocycles. The number of rotatable bonds is 4. The van der Waals surface area contributed by atoms with Gasteiger partial charge in [-0.15, -0.1) is 0 Å². The van der Waals surface area contributed by atoms with Gasteiger partial charge >= 0.3 is 0 Å². The lowest BCUT2D eigenvalue weighted by atomic mass is 10.1. The zero-order chi connectivity index (χ0) is 15.5. The molecule has 21 heavy (non-hydrogen) atoms. The van der Waals surface area contributed by atoms with Crippen LogP contribution in [0, 0.1) is 11.3 Å². The van der Waals surface area contributed by atoms with Crippen molar-refractivity contribution < 1.29 is 13.2 Å². The second-order valence-corrected chi connectivity index (χ2v) is 7.26. The second-order valence-electron chi connectivity index (χ2n) is 4.35. The summed E-state index contributed by atoms with van der Waals surface area (Å²) < 4.78 is 30.8. The van der Waals surface area contributed by atoms with Crippen molar-refractivity contribution in [2.75, 3.05) is 7.11 Å². The van der Waals surface area contributed by atoms with E-state index in [-0.39, 0.29) is 10.6 Å². The maximum absolute atomic E-state index is 12.5. The summed E-state index contributed by atoms with van der Waals surface area (Å²) in [4.78, 5) is 0.223. The third-order valence-corrected chi connectivity index (χ3v) is 5.07. The average Bonchev–Trinajstić information content (AvgIpc) is 2.46. The molecule has 0 aromatic heterocycles. The maximum atomic E-state index is 12.5. The van der Waals surface area contributed by atoms with Gasteiger partial charge in [0.2, 0.25) is 0 Å². The number of ether oxygens (including phenoxy) is 1. The highest BCUT2D eigenvalue weighted by atomic mass is 79.9. The molecule has 0 atom stereocenters. The first-order chi connectivity index (χ1) is 9.96. The number of sulfone groups is 1. The van der Waals surface area contributed by atoms with E-state index in [1.165, 1.54) is 13.2 Å². The fourth-order valence-electron chi connectivity index (χ4n) is 1.91. The highest BCUT2D eigenvalue weighted by Gasteiger charge is 2.18. The van der Waals surface area contributed by atoms with Crippen LogP contribution in [0.3, 0.4) is 0 Å². The third kappa shape index (κ3) is 3.63. The highest BCUT2D eigenvalue weighted by molar-refractivity contribution is 9.10. The Morgan fingerprint density at radius 2 is 2.00 bits per heavy atom. The lowest BCUT2D eigenvalue weighted by Gasteiger charge is -2.10. The summed E-state index contributed by atoms with van der Waals surface area (Å²) >= 11 is 3.26. The standard InChI is InChI=1S/C15H12BrNO3S/c1-20-15-6-5-11(9-17)7-12(15)10-21(18,19)14-4-2-3-13(16)8-14/h2-8H,10H2,1H3. The molecule has 6 heteroatoms. The topological polar surface area (TPSA) is 67.2 Å². The lowest BCUT2D eigenvalue weighted by Crippen LogP contribution is -2.06. The summed E-state index contributed by atoms with van der Waals surface area (Å²) in [6, 6.07) is 13.2. The average molecular weight is 366 g/mol. The number of benzene rings is 2. The molecule has 0 unspecified atom stereocenters. The molecule has 2 aromatic carbocycles. The first kappa shape index (κ1) is 15.5. The van der Waals surface area contributed by atoms with E-state index >= 15 is 0 Å². The van der Waals surface area contributed by atoms with Crippen LogP contribution in [0.4, 0.5) is 0 Å². The van der Waals surface area contributed by atoms with Gasteiger partial charge < -0.3 is 4.74 Å². The Bertz CT molecular complexity index is 810. The van der Waals surface area contributed by atoms with Crippen molar-refractivity contribution in [1.29, 1.82) is 5.26 Å². The molecule has 2 rings (SSSR count). The second kappa shape index (κ2) is 6.29. The van der Waals surface area contributed by atoms with Crippen molar-refractivity contribution in [3.63, 3.8) is 0 Å². The van der Waals surface area contributed by atoms with Crippen molar-refractivity contribution in [2.24, 2.45) is 0 Å². The molecule has 0 fully saturated rings. The Labute approximate surface area is 132 Å². The molecule has 4 nitrogen and oxygen atoms in total. The van der Waals surface area contributed by atoms with Crippen LogP contribution in [-0.4, -0.2) is 15.5 Å². The molecule has 0 heterocycles. The number of hydrogen-bond donors (Lipinski definition) is 0. The van der Waals surface area contributed by atoms with E-state index in [1.807, 2.05) is 6.07 Å². The predicted molar refractivity (Wildman–Crippen MR) is 82.7 cm³/mol. The molecule has 0 saturated heterocycles. The fourth-order valence-corrected chi connectivity index (χ4v) is 3.85. The van der Waals surface area contributed by atoms with Gasteiger partial charge in [0.25, 0.3) is 0 Å². The lowest BCUT2D eigenvalue weighted by molar-refractivity contribution is 0.411. The van der Waals surface area contributed by atoms with Crippen molar-refractivity contribution in [3.05, 3.63) is 58.1 Å². The van der Waals surface area contributed by atoms with Gasteiger partial charge in [0.1, 0.15) is 5.75 Å². The maximum Gasteiger partial charge on any atom is 0.182 e. The van der Waals surface area contributed by atoms with Crippen LogP contribution in [0.15, 0.2) is 51.8 Å². The minimum atomic E-state index is -3.51. The quantitative estimate of drug-likeness (QED) is 0.833. The summed E-state index contributed by atoms with van der Waals surface area (Å²) in [6.07, 6.45) is 0. The minimum Gasteiger partial charge on any atom is -0.496 e. The van der Waals surface area contributed by atoms with Crippen LogP contribution in [-0.2, 0) is 15.6 Å². The van der Waals surface area contributed by atoms with Crippen LogP contribution in [0.25, 0.3) is 0 Å². The number of halogens is 1. The van der Waals surface area contributed by atoms with E-state index < -0.39 is 9.84 Å². The van der Waals surface area contributed by atoms with E-state index in [2.05, 4.69) is 15.9 Å². The van der Waals surface area contributed by atoms with E-state index in [4.69, 9.17) is 10.00 Å². The molecule has 108 valence electrons. The number of nitrogens with zero attached hydrogens (tertiary/aromatic N) is 1. The first-order valence-corrected chi connectivity index (χ1v) is 8.46. The van der Waals surface area contributed by atoms with Gasteiger partial charge in [-0.3, -0.25) is 0 Å². The van der Waals surface area contributed by atoms with Crippen LogP contribution >= 0.6 is 15.9 Å². The van der Waals surface area contributed by atoms with Crippen molar-refractivity contribution in [2.45, 2.75) is 10.6 Å². The molecule has 0 aliphatic heterocycles. The van der Waals surface area contributed by atoms with E-state index in [1.54, 1.807) is 36.4 Å². The van der Waals surface area contributed by atoms with Gasteiger partial charge in [-0.05, 0) is 36.4 Å². The Balaban J connectivity index is 2.43. The summed E-state index contributed by atoms with van der Waals surface area (Å²) in [7, 11) is -2.04. The number of hydrogen-bond acceptors (Lipinski definition) is 4. The van der Waals surface area contributed by atoms with Crippen molar-refractivity contribution >= 4 is 25.8 Å². The van der Waals surface area contributed by atoms with Crippen LogP contribution in [0.5, 0.6) is 5.75 Å². The van der Waals surface area contributed by atoms with Gasteiger partial charge in [0, 0.05) is 10.0 Å². The molecule has 0 spiro atoms. The molecule has 0 amide bonds. The largest absolute Gasteiger partial charge is 0.496 e. The molecule has 0 radical (unpaired) electrons. The Kier molecular flexibility index (Phi) is 4.66. The first-order valence-electron chi connectivity index (χ1n) is 6.01. The van der Waals surface area contributed by atoms with Crippen molar-refractivity contribution in [3.8, 4) is 11.8 Å². The van der Waals surface area contributed by atoms with Crippen LogP contribution in [0.1, 0.15) is 11.1 Å². The molecular formula is C15H12BrNO3S. The Morgan fingerprint density at radius 1 is 1.24 bits per heavy atom. The summed E-state index contributed by atoms with van der Waals surface area (Å²) in [5.41, 5.74) is 0.867. The van der Waals surface area contributed by atoms with Crippen molar-refractivity contribution in [1.82, 2.24) is 0 Å². The molecule has 0 saturated carbocycles. The van der Waals surface area contributed by atoms with Gasteiger partial charge in [-0.1, -0.05) is 22.0 Å². The molecule has 0 aliphatic rings. The summed E-state index contributed by atoms with van der Waals surface area (Å²) in [5.74, 6) is 0.231. The zero-order valence-electron chi connectivity index (χ0n) is 11.2. The zero-order valence-corrected chi connectivity index (χ0v) is 13.6. The number of methoxy groups -OCH3 is 1. The Hall–Kier alpha value is -1.84. The summed E-state index contributed by atoms with van der Waals surface area (Å²) in [6.45, 7) is 0. The van der Waals surface area contributed by atoms with Gasteiger partial charge in [0.05, 0.1) is 29.4 Å². The third-order valence-electron chi connectivity index (χ3n) is 2.91. The summed E-state index contributed by atoms with van der Waals surface area (Å²) in [5, 5.41) is 8.93. The van der Waals surface area contributed by atoms with E-state index in [0.29, 0.717) is 21.3 Å². The van der Waals surface area contributed by atoms with E-state index in [9.17, 15) is 8.42 Å². The normalized spacial score (nSPS) is 10.9. The predicted octanol–water partition coefficient (Wildman–Crippen LogP) is 3.30. The molecule has 2 aromatic rings. The minimum absolute atomic E-state index is 0.220. The van der Waals surface area contributed by atoms with Crippen LogP contribution in [0.2, 0.25) is 0 Å². The number of nitriles is 1. The fraction of sp³-hybridized carbons (Fsp3) is 0.133. The highest BCUT2D eigenvalue weighted by Crippen LogP contribution is 2.26. The molecule has 0 N–H and O–H groups in total. The van der Waals surface area contributed by atoms with Gasteiger partial charge in [-0.2, -0.15) is 5.26 Å². The van der Waals surface area contributed by atoms with Crippen LogP contribution < -0.4 is 4.74 Å². The van der Waals surface area contributed by atoms with Gasteiger partial charge in [-0.25, -0.2) is 8.42 Å². The molecular weight excluding hydrogens is 354 g/mol. The van der Waals surface area contributed by atoms with E-state index in [0.717, 1.165) is 0 Å². The smallest absolute Gasteiger partial charge is 0.182 e. The monoisotopic (exact) mass is 365 g/mol. The SMILES string of the molecule is COc1ccc(C#N)cc1CS(=O)(=O)c1cccc(Br)c1. The molecule has 0 bridgehead atoms.